The van der Waals surface area contributed by atoms with Crippen molar-refractivity contribution in [1.29, 1.82) is 0 Å². The number of hydrogen-bond donors (Lipinski definition) is 1. The van der Waals surface area contributed by atoms with Crippen molar-refractivity contribution in [1.82, 2.24) is 15.1 Å². The Hall–Kier alpha value is -0.320. The molecule has 0 bridgehead atoms. The van der Waals surface area contributed by atoms with Crippen LogP contribution in [0.5, 0.6) is 0 Å². The topological polar surface area (TPSA) is 35.6 Å². The van der Waals surface area contributed by atoms with Gasteiger partial charge in [0, 0.05) is 25.7 Å². The van der Waals surface area contributed by atoms with Gasteiger partial charge < -0.3 is 10.2 Å². The lowest BCUT2D eigenvalue weighted by Gasteiger charge is -2.27. The van der Waals surface area contributed by atoms with Gasteiger partial charge >= 0.3 is 0 Å². The number of rotatable bonds is 7. The van der Waals surface area contributed by atoms with E-state index in [0.29, 0.717) is 12.6 Å². The molecule has 1 atom stereocenters. The van der Waals surface area contributed by atoms with Gasteiger partial charge in [-0.25, -0.2) is 0 Å². The predicted octanol–water partition coefficient (Wildman–Crippen LogP) is 1.35. The van der Waals surface area contributed by atoms with Crippen molar-refractivity contribution < 1.29 is 4.79 Å². The Morgan fingerprint density at radius 1 is 1.28 bits per heavy atom. The molecule has 0 saturated carbocycles. The van der Waals surface area contributed by atoms with Crippen LogP contribution < -0.4 is 5.32 Å². The smallest absolute Gasteiger partial charge is 0.236 e. The Kier molecular flexibility index (Phi) is 9.42. The second kappa shape index (κ2) is 9.59. The lowest BCUT2D eigenvalue weighted by atomic mass is 10.2. The van der Waals surface area contributed by atoms with Gasteiger partial charge in [0.2, 0.25) is 5.91 Å². The van der Waals surface area contributed by atoms with E-state index in [2.05, 4.69) is 31.1 Å². The highest BCUT2D eigenvalue weighted by molar-refractivity contribution is 5.85. The molecule has 1 N–H and O–H groups in total. The molecule has 0 aromatic rings. The van der Waals surface area contributed by atoms with E-state index in [-0.39, 0.29) is 18.3 Å². The van der Waals surface area contributed by atoms with Crippen LogP contribution in [0.25, 0.3) is 0 Å². The first-order valence-electron chi connectivity index (χ1n) is 6.87. The molecule has 0 spiro atoms. The second-order valence-corrected chi connectivity index (χ2v) is 4.94. The van der Waals surface area contributed by atoms with Gasteiger partial charge in [-0.2, -0.15) is 0 Å². The van der Waals surface area contributed by atoms with Crippen molar-refractivity contribution in [2.75, 3.05) is 39.8 Å². The number of nitrogens with one attached hydrogen (secondary N) is 1. The first-order valence-corrected chi connectivity index (χ1v) is 6.87. The summed E-state index contributed by atoms with van der Waals surface area (Å²) in [5.74, 6) is 0.281. The molecule has 1 aliphatic heterocycles. The van der Waals surface area contributed by atoms with E-state index in [1.165, 1.54) is 0 Å². The molecular formula is C13H28ClN3O. The first kappa shape index (κ1) is 17.7. The van der Waals surface area contributed by atoms with Crippen molar-refractivity contribution in [3.05, 3.63) is 0 Å². The van der Waals surface area contributed by atoms with Crippen LogP contribution in [-0.2, 0) is 4.79 Å². The second-order valence-electron chi connectivity index (χ2n) is 4.94. The highest BCUT2D eigenvalue weighted by Gasteiger charge is 2.22. The molecule has 1 amide bonds. The molecule has 1 heterocycles. The van der Waals surface area contributed by atoms with Crippen molar-refractivity contribution in [2.45, 2.75) is 39.2 Å². The third-order valence-corrected chi connectivity index (χ3v) is 3.38. The zero-order valence-electron chi connectivity index (χ0n) is 11.9. The zero-order valence-corrected chi connectivity index (χ0v) is 12.8. The van der Waals surface area contributed by atoms with Crippen LogP contribution in [0.2, 0.25) is 0 Å². The Morgan fingerprint density at radius 2 is 1.89 bits per heavy atom. The first-order chi connectivity index (χ1) is 8.19. The van der Waals surface area contributed by atoms with E-state index >= 15 is 0 Å². The Balaban J connectivity index is 0.00000289. The largest absolute Gasteiger partial charge is 0.342 e. The van der Waals surface area contributed by atoms with E-state index in [4.69, 9.17) is 0 Å². The molecule has 4 nitrogen and oxygen atoms in total. The zero-order chi connectivity index (χ0) is 12.7. The fourth-order valence-corrected chi connectivity index (χ4v) is 2.36. The maximum Gasteiger partial charge on any atom is 0.236 e. The number of amides is 1. The molecule has 0 aliphatic carbocycles. The molecule has 1 fully saturated rings. The van der Waals surface area contributed by atoms with Gasteiger partial charge in [-0.05, 0) is 32.9 Å². The summed E-state index contributed by atoms with van der Waals surface area (Å²) in [6.07, 6.45) is 3.24. The minimum Gasteiger partial charge on any atom is -0.342 e. The highest BCUT2D eigenvalue weighted by atomic mass is 35.5. The molecule has 108 valence electrons. The Morgan fingerprint density at radius 3 is 2.33 bits per heavy atom. The van der Waals surface area contributed by atoms with Crippen LogP contribution in [-0.4, -0.2) is 61.5 Å². The minimum atomic E-state index is 0. The third kappa shape index (κ3) is 5.55. The number of hydrogen-bond acceptors (Lipinski definition) is 3. The predicted molar refractivity (Wildman–Crippen MR) is 78.3 cm³/mol. The third-order valence-electron chi connectivity index (χ3n) is 3.38. The Bertz CT molecular complexity index is 226. The summed E-state index contributed by atoms with van der Waals surface area (Å²) in [5.41, 5.74) is 0. The fraction of sp³-hybridized carbons (Fsp3) is 0.923. The molecule has 1 aliphatic rings. The summed E-state index contributed by atoms with van der Waals surface area (Å²) in [4.78, 5) is 16.3. The van der Waals surface area contributed by atoms with Gasteiger partial charge in [0.1, 0.15) is 0 Å². The van der Waals surface area contributed by atoms with Crippen molar-refractivity contribution in [3.8, 4) is 0 Å². The summed E-state index contributed by atoms with van der Waals surface area (Å²) < 4.78 is 0. The minimum absolute atomic E-state index is 0. The van der Waals surface area contributed by atoms with Crippen LogP contribution >= 0.6 is 12.4 Å². The van der Waals surface area contributed by atoms with Crippen molar-refractivity contribution in [3.63, 3.8) is 0 Å². The van der Waals surface area contributed by atoms with E-state index in [1.807, 2.05) is 4.90 Å². The maximum absolute atomic E-state index is 12.2. The van der Waals surface area contributed by atoms with E-state index in [9.17, 15) is 4.79 Å². The standard InChI is InChI=1S/C13H27N3O.ClH/c1-4-8-16(9-5-2)13(17)11-15(3)12-6-7-14-10-12;/h12,14H,4-11H2,1-3H3;1H. The maximum atomic E-state index is 12.2. The van der Waals surface area contributed by atoms with Crippen LogP contribution in [0.1, 0.15) is 33.1 Å². The average molecular weight is 278 g/mol. The van der Waals surface area contributed by atoms with Crippen LogP contribution in [0.3, 0.4) is 0 Å². The highest BCUT2D eigenvalue weighted by Crippen LogP contribution is 2.06. The molecule has 0 aromatic heterocycles. The molecule has 5 heteroatoms. The molecule has 0 radical (unpaired) electrons. The summed E-state index contributed by atoms with van der Waals surface area (Å²) in [5, 5.41) is 3.34. The SMILES string of the molecule is CCCN(CCC)C(=O)CN(C)C1CCNC1.Cl. The van der Waals surface area contributed by atoms with Gasteiger partial charge in [0.15, 0.2) is 0 Å². The molecule has 1 unspecified atom stereocenters. The summed E-state index contributed by atoms with van der Waals surface area (Å²) in [7, 11) is 2.06. The fourth-order valence-electron chi connectivity index (χ4n) is 2.36. The number of carbonyl (C=O) groups excluding carboxylic acids is 1. The number of likely N-dealkylation sites (N-methyl/N-ethyl adjacent to an activating group) is 1. The number of carbonyl (C=O) groups is 1. The lowest BCUT2D eigenvalue weighted by Crippen LogP contribution is -2.44. The molecular weight excluding hydrogens is 250 g/mol. The molecule has 1 rings (SSSR count). The Labute approximate surface area is 117 Å². The summed E-state index contributed by atoms with van der Waals surface area (Å²) >= 11 is 0. The van der Waals surface area contributed by atoms with Crippen LogP contribution in [0, 0.1) is 0 Å². The molecule has 0 aromatic carbocycles. The van der Waals surface area contributed by atoms with Gasteiger partial charge in [0.25, 0.3) is 0 Å². The average Bonchev–Trinajstić information content (AvgIpc) is 2.82. The number of nitrogens with zero attached hydrogens (tertiary/aromatic N) is 2. The number of halogens is 1. The summed E-state index contributed by atoms with van der Waals surface area (Å²) in [6, 6.07) is 0.532. The van der Waals surface area contributed by atoms with E-state index < -0.39 is 0 Å². The van der Waals surface area contributed by atoms with Gasteiger partial charge in [0.05, 0.1) is 6.54 Å². The van der Waals surface area contributed by atoms with E-state index in [1.54, 1.807) is 0 Å². The van der Waals surface area contributed by atoms with Crippen molar-refractivity contribution in [2.24, 2.45) is 0 Å². The molecule has 18 heavy (non-hydrogen) atoms. The quantitative estimate of drug-likeness (QED) is 0.763. The van der Waals surface area contributed by atoms with E-state index in [0.717, 1.165) is 45.4 Å². The monoisotopic (exact) mass is 277 g/mol. The normalized spacial score (nSPS) is 18.8. The molecule has 1 saturated heterocycles. The summed E-state index contributed by atoms with van der Waals surface area (Å²) in [6.45, 7) is 8.70. The van der Waals surface area contributed by atoms with Crippen LogP contribution in [0.15, 0.2) is 0 Å². The lowest BCUT2D eigenvalue weighted by molar-refractivity contribution is -0.132. The van der Waals surface area contributed by atoms with Crippen molar-refractivity contribution >= 4 is 18.3 Å². The van der Waals surface area contributed by atoms with Gasteiger partial charge in [-0.15, -0.1) is 12.4 Å². The van der Waals surface area contributed by atoms with Gasteiger partial charge in [-0.1, -0.05) is 13.8 Å². The van der Waals surface area contributed by atoms with Crippen LogP contribution in [0.4, 0.5) is 0 Å². The van der Waals surface area contributed by atoms with Gasteiger partial charge in [-0.3, -0.25) is 9.69 Å².